The monoisotopic (exact) mass is 893 g/mol. The third kappa shape index (κ3) is 9.41. The molecular formula is C44H67N3O14S. The second-order valence-electron chi connectivity index (χ2n) is 17.8. The number of aliphatic hydroxyl groups is 7. The lowest BCUT2D eigenvalue weighted by Gasteiger charge is -2.61. The number of amides is 2. The maximum atomic E-state index is 13.3. The normalized spacial score (nSPS) is 39.8. The van der Waals surface area contributed by atoms with Crippen LogP contribution in [0.4, 0.5) is 0 Å². The number of rotatable bonds is 21. The van der Waals surface area contributed by atoms with Gasteiger partial charge in [0.25, 0.3) is 0 Å². The first-order valence-corrected chi connectivity index (χ1v) is 22.5. The van der Waals surface area contributed by atoms with Crippen molar-refractivity contribution in [2.24, 2.45) is 34.1 Å². The molecule has 2 amide bonds. The Bertz CT molecular complexity index is 1720. The molecule has 348 valence electrons. The standard InChI is InChI=1S/C44H67N3O14S/c1-20(2)21(3)22(4)23(5)24(6)47-27(41(56)46-14-11-13-45-30(50)19-62)12-9-7-8-10-15-57-43-34(52)25-16-26-33(51)31-38(61-42(26)60-37(25)29(18-49)59-43)39(55)44(31)32-36(54)35(53)28(17-48)58-40(32)44/h25-29,31-40,42-43,48-49,51-55,62H,1,3-5,7-19H2,2,6H3,(H,45,50)(H,46,56). The summed E-state index contributed by atoms with van der Waals surface area (Å²) in [7, 11) is 0. The van der Waals surface area contributed by atoms with Gasteiger partial charge in [-0.25, -0.2) is 0 Å². The number of aliphatic hydroxyl groups excluding tert-OH is 7. The molecular weight excluding hydrogens is 827 g/mol. The van der Waals surface area contributed by atoms with Gasteiger partial charge in [-0.1, -0.05) is 51.2 Å². The fourth-order valence-electron chi connectivity index (χ4n) is 10.4. The van der Waals surface area contributed by atoms with E-state index in [0.29, 0.717) is 61.2 Å². The topological polar surface area (TPSA) is 258 Å². The van der Waals surface area contributed by atoms with E-state index in [0.717, 1.165) is 18.4 Å². The van der Waals surface area contributed by atoms with Crippen molar-refractivity contribution in [2.75, 3.05) is 38.7 Å². The van der Waals surface area contributed by atoms with Crippen molar-refractivity contribution >= 4 is 30.2 Å². The number of nitrogens with zero attached hydrogens (tertiary/aromatic N) is 1. The summed E-state index contributed by atoms with van der Waals surface area (Å²) in [6.07, 6.45) is -8.16. The number of carbonyl (C=O) groups is 2. The number of unbranched alkanes of at least 4 members (excludes halogenated alkanes) is 3. The molecule has 62 heavy (non-hydrogen) atoms. The highest BCUT2D eigenvalue weighted by Crippen LogP contribution is 2.75. The number of nitrogens with one attached hydrogen (secondary N) is 2. The highest BCUT2D eigenvalue weighted by atomic mass is 32.1. The Kier molecular flexibility index (Phi) is 16.3. The van der Waals surface area contributed by atoms with Crippen LogP contribution in [0, 0.1) is 29.1 Å². The minimum atomic E-state index is -1.35. The molecule has 4 aliphatic heterocycles. The van der Waals surface area contributed by atoms with Gasteiger partial charge in [0, 0.05) is 54.5 Å². The number of thiol groups is 1. The molecule has 17 nitrogen and oxygen atoms in total. The average molecular weight is 894 g/mol. The van der Waals surface area contributed by atoms with Gasteiger partial charge in [0.1, 0.15) is 30.5 Å². The van der Waals surface area contributed by atoms with Gasteiger partial charge in [-0.2, -0.15) is 12.6 Å². The molecule has 4 heterocycles. The first-order chi connectivity index (χ1) is 29.5. The summed E-state index contributed by atoms with van der Waals surface area (Å²) < 4.78 is 30.4. The summed E-state index contributed by atoms with van der Waals surface area (Å²) in [4.78, 5) is 29.5. The van der Waals surface area contributed by atoms with Gasteiger partial charge in [-0.15, -0.1) is 0 Å². The molecule has 18 heteroatoms. The summed E-state index contributed by atoms with van der Waals surface area (Å²) in [5.41, 5.74) is 2.07. The van der Waals surface area contributed by atoms with Crippen molar-refractivity contribution in [3.05, 3.63) is 48.6 Å². The largest absolute Gasteiger partial charge is 0.394 e. The Balaban J connectivity index is 0.992. The van der Waals surface area contributed by atoms with Gasteiger partial charge in [0.15, 0.2) is 12.6 Å². The molecule has 6 fully saturated rings. The SMILES string of the molecule is C=C(C)C(=C)C(=C)C(=C)C(C)=NC(CCCCCCOC1OC(CO)C2OC3OC4C(O)C5(C6OC(CO)C(O)C(O)C65)C4C(O)C3CC2C1O)C(=O)NCCCNC(=O)CS. The molecule has 1 spiro atoms. The van der Waals surface area contributed by atoms with Gasteiger partial charge in [-0.3, -0.25) is 14.6 Å². The summed E-state index contributed by atoms with van der Waals surface area (Å²) in [6.45, 7) is 19.8. The van der Waals surface area contributed by atoms with E-state index in [-0.39, 0.29) is 30.6 Å². The Morgan fingerprint density at radius 3 is 2.13 bits per heavy atom. The third-order valence-corrected chi connectivity index (χ3v) is 14.3. The zero-order chi connectivity index (χ0) is 45.2. The molecule has 18 unspecified atom stereocenters. The van der Waals surface area contributed by atoms with Crippen molar-refractivity contribution in [1.29, 1.82) is 0 Å². The molecule has 6 rings (SSSR count). The van der Waals surface area contributed by atoms with Gasteiger partial charge in [0.05, 0.1) is 55.6 Å². The predicted molar refractivity (Wildman–Crippen MR) is 229 cm³/mol. The van der Waals surface area contributed by atoms with Crippen molar-refractivity contribution in [2.45, 2.75) is 138 Å². The highest BCUT2D eigenvalue weighted by molar-refractivity contribution is 7.81. The number of allylic oxidation sites excluding steroid dienone is 4. The smallest absolute Gasteiger partial charge is 0.244 e. The molecule has 4 saturated heterocycles. The third-order valence-electron chi connectivity index (χ3n) is 14.0. The van der Waals surface area contributed by atoms with Crippen molar-refractivity contribution in [1.82, 2.24) is 10.6 Å². The number of hydrogen-bond donors (Lipinski definition) is 10. The Labute approximate surface area is 368 Å². The predicted octanol–water partition coefficient (Wildman–Crippen LogP) is -0.146. The molecule has 9 N–H and O–H groups in total. The van der Waals surface area contributed by atoms with E-state index >= 15 is 0 Å². The second kappa shape index (κ2) is 20.7. The number of fused-ring (bicyclic) bond motifs is 7. The summed E-state index contributed by atoms with van der Waals surface area (Å²) in [5, 5.41) is 81.7. The van der Waals surface area contributed by atoms with E-state index in [1.165, 1.54) is 0 Å². The lowest BCUT2D eigenvalue weighted by molar-refractivity contribution is -0.399. The van der Waals surface area contributed by atoms with Crippen LogP contribution in [-0.2, 0) is 33.3 Å². The Hall–Kier alpha value is -2.56. The summed E-state index contributed by atoms with van der Waals surface area (Å²) >= 11 is 3.95. The highest BCUT2D eigenvalue weighted by Gasteiger charge is 2.87. The average Bonchev–Trinajstić information content (AvgIpc) is 3.96. The van der Waals surface area contributed by atoms with Crippen LogP contribution in [-0.4, -0.2) is 172 Å². The zero-order valence-corrected chi connectivity index (χ0v) is 36.6. The molecule has 0 aromatic carbocycles. The van der Waals surface area contributed by atoms with Crippen LogP contribution in [0.1, 0.15) is 58.8 Å². The van der Waals surface area contributed by atoms with E-state index < -0.39 is 122 Å². The number of hydrogen-bond acceptors (Lipinski definition) is 16. The first-order valence-electron chi connectivity index (χ1n) is 21.8. The van der Waals surface area contributed by atoms with Crippen molar-refractivity contribution in [3.63, 3.8) is 0 Å². The fraction of sp³-hybridized carbons (Fsp3) is 0.750. The minimum Gasteiger partial charge on any atom is -0.394 e. The maximum Gasteiger partial charge on any atom is 0.244 e. The molecule has 6 aliphatic rings. The van der Waals surface area contributed by atoms with Crippen LogP contribution in [0.25, 0.3) is 0 Å². The quantitative estimate of drug-likeness (QED) is 0.0312. The molecule has 0 radical (unpaired) electrons. The van der Waals surface area contributed by atoms with Crippen LogP contribution in [0.5, 0.6) is 0 Å². The van der Waals surface area contributed by atoms with E-state index in [1.54, 1.807) is 6.92 Å². The minimum absolute atomic E-state index is 0.0878. The fourth-order valence-corrected chi connectivity index (χ4v) is 10.5. The second-order valence-corrected chi connectivity index (χ2v) is 18.1. The van der Waals surface area contributed by atoms with E-state index in [4.69, 9.17) is 28.7 Å². The number of ether oxygens (including phenoxy) is 5. The van der Waals surface area contributed by atoms with Crippen LogP contribution in [0.2, 0.25) is 0 Å². The van der Waals surface area contributed by atoms with Crippen molar-refractivity contribution < 1.29 is 69.0 Å². The Morgan fingerprint density at radius 2 is 1.45 bits per heavy atom. The van der Waals surface area contributed by atoms with Crippen LogP contribution >= 0.6 is 12.6 Å². The van der Waals surface area contributed by atoms with Crippen molar-refractivity contribution in [3.8, 4) is 0 Å². The molecule has 2 aliphatic carbocycles. The van der Waals surface area contributed by atoms with Crippen LogP contribution < -0.4 is 10.6 Å². The number of aliphatic imine (C=N–C) groups is 1. The Morgan fingerprint density at radius 1 is 0.774 bits per heavy atom. The van der Waals surface area contributed by atoms with Gasteiger partial charge >= 0.3 is 0 Å². The summed E-state index contributed by atoms with van der Waals surface area (Å²) in [5.74, 6) is -2.88. The molecule has 2 saturated carbocycles. The van der Waals surface area contributed by atoms with Gasteiger partial charge in [-0.05, 0) is 56.3 Å². The zero-order valence-electron chi connectivity index (χ0n) is 35.7. The lowest BCUT2D eigenvalue weighted by atomic mass is 9.56. The van der Waals surface area contributed by atoms with Gasteiger partial charge < -0.3 is 70.1 Å². The lowest BCUT2D eigenvalue weighted by Crippen LogP contribution is -2.73. The van der Waals surface area contributed by atoms with Crippen LogP contribution in [0.3, 0.4) is 0 Å². The van der Waals surface area contributed by atoms with Crippen LogP contribution in [0.15, 0.2) is 53.6 Å². The van der Waals surface area contributed by atoms with Gasteiger partial charge in [0.2, 0.25) is 11.8 Å². The van der Waals surface area contributed by atoms with E-state index in [1.807, 2.05) is 6.92 Å². The number of carbonyl (C=O) groups excluding carboxylic acids is 2. The molecule has 18 atom stereocenters. The molecule has 0 aromatic heterocycles. The summed E-state index contributed by atoms with van der Waals surface area (Å²) in [6, 6.07) is -0.689. The van der Waals surface area contributed by atoms with E-state index in [2.05, 4.69) is 49.6 Å². The molecule has 0 aromatic rings. The van der Waals surface area contributed by atoms with E-state index in [9.17, 15) is 45.3 Å². The maximum absolute atomic E-state index is 13.3. The molecule has 0 bridgehead atoms. The first kappa shape index (κ1) is 48.9.